The zero-order valence-electron chi connectivity index (χ0n) is 11.2. The Morgan fingerprint density at radius 1 is 1.32 bits per heavy atom. The molecule has 1 rings (SSSR count). The van der Waals surface area contributed by atoms with Gasteiger partial charge >= 0.3 is 0 Å². The normalized spacial score (nSPS) is 11.2. The number of nitrogens with one attached hydrogen (secondary N) is 1. The van der Waals surface area contributed by atoms with E-state index in [4.69, 9.17) is 9.47 Å². The molecule has 0 saturated heterocycles. The van der Waals surface area contributed by atoms with Crippen molar-refractivity contribution in [3.05, 3.63) is 22.2 Å². The zero-order valence-corrected chi connectivity index (χ0v) is 12.8. The van der Waals surface area contributed by atoms with Crippen LogP contribution in [0.3, 0.4) is 0 Å². The molecule has 0 aliphatic heterocycles. The Morgan fingerprint density at radius 3 is 2.53 bits per heavy atom. The molecule has 1 aromatic rings. The SMILES string of the molecule is COc1cc(CNC(C)C)cc(Br)c1OCC(F)F. The van der Waals surface area contributed by atoms with Gasteiger partial charge in [-0.15, -0.1) is 0 Å². The van der Waals surface area contributed by atoms with E-state index in [-0.39, 0.29) is 0 Å². The number of methoxy groups -OCH3 is 1. The summed E-state index contributed by atoms with van der Waals surface area (Å²) in [6, 6.07) is 3.97. The van der Waals surface area contributed by atoms with Gasteiger partial charge in [-0.25, -0.2) is 8.78 Å². The van der Waals surface area contributed by atoms with E-state index in [9.17, 15) is 8.78 Å². The van der Waals surface area contributed by atoms with E-state index in [0.717, 1.165) is 5.56 Å². The van der Waals surface area contributed by atoms with Crippen LogP contribution in [0.5, 0.6) is 11.5 Å². The first-order chi connectivity index (χ1) is 8.93. The molecule has 0 aliphatic carbocycles. The summed E-state index contributed by atoms with van der Waals surface area (Å²) >= 11 is 3.32. The quantitative estimate of drug-likeness (QED) is 0.824. The van der Waals surface area contributed by atoms with E-state index in [2.05, 4.69) is 21.2 Å². The Balaban J connectivity index is 2.87. The standard InChI is InChI=1S/C13H18BrF2NO2/c1-8(2)17-6-9-4-10(14)13(11(5-9)18-3)19-7-12(15)16/h4-5,8,12,17H,6-7H2,1-3H3. The lowest BCUT2D eigenvalue weighted by molar-refractivity contribution is 0.0800. The van der Waals surface area contributed by atoms with E-state index in [1.54, 1.807) is 6.07 Å². The van der Waals surface area contributed by atoms with Crippen LogP contribution in [0.4, 0.5) is 8.78 Å². The van der Waals surface area contributed by atoms with Crippen LogP contribution in [-0.4, -0.2) is 26.2 Å². The van der Waals surface area contributed by atoms with Gasteiger partial charge in [0.15, 0.2) is 11.5 Å². The second-order valence-corrected chi connectivity index (χ2v) is 5.20. The third-order valence-corrected chi connectivity index (χ3v) is 2.95. The summed E-state index contributed by atoms with van der Waals surface area (Å²) in [6.07, 6.45) is -2.51. The maximum atomic E-state index is 12.2. The number of ether oxygens (including phenoxy) is 2. The molecule has 0 spiro atoms. The Labute approximate surface area is 120 Å². The second-order valence-electron chi connectivity index (χ2n) is 4.35. The van der Waals surface area contributed by atoms with Crippen molar-refractivity contribution in [3.63, 3.8) is 0 Å². The Morgan fingerprint density at radius 2 is 2.00 bits per heavy atom. The van der Waals surface area contributed by atoms with Gasteiger partial charge in [-0.2, -0.15) is 0 Å². The van der Waals surface area contributed by atoms with Crippen LogP contribution in [0, 0.1) is 0 Å². The minimum Gasteiger partial charge on any atom is -0.493 e. The molecule has 0 saturated carbocycles. The van der Waals surface area contributed by atoms with Crippen molar-refractivity contribution in [2.24, 2.45) is 0 Å². The van der Waals surface area contributed by atoms with Gasteiger partial charge in [0.05, 0.1) is 11.6 Å². The number of benzene rings is 1. The number of hydrogen-bond acceptors (Lipinski definition) is 3. The lowest BCUT2D eigenvalue weighted by Crippen LogP contribution is -2.21. The van der Waals surface area contributed by atoms with Gasteiger partial charge < -0.3 is 14.8 Å². The molecule has 0 unspecified atom stereocenters. The largest absolute Gasteiger partial charge is 0.493 e. The molecule has 6 heteroatoms. The Kier molecular flexibility index (Phi) is 6.51. The Bertz CT molecular complexity index is 414. The first kappa shape index (κ1) is 16.2. The summed E-state index contributed by atoms with van der Waals surface area (Å²) in [4.78, 5) is 0. The average Bonchev–Trinajstić information content (AvgIpc) is 2.34. The molecule has 3 nitrogen and oxygen atoms in total. The smallest absolute Gasteiger partial charge is 0.272 e. The van der Waals surface area contributed by atoms with Crippen molar-refractivity contribution in [2.75, 3.05) is 13.7 Å². The van der Waals surface area contributed by atoms with Crippen LogP contribution >= 0.6 is 15.9 Å². The molecule has 0 amide bonds. The number of alkyl halides is 2. The first-order valence-electron chi connectivity index (χ1n) is 5.94. The highest BCUT2D eigenvalue weighted by molar-refractivity contribution is 9.10. The number of halogens is 3. The molecule has 108 valence electrons. The number of hydrogen-bond donors (Lipinski definition) is 1. The van der Waals surface area contributed by atoms with Crippen LogP contribution in [-0.2, 0) is 6.54 Å². The van der Waals surface area contributed by atoms with E-state index >= 15 is 0 Å². The molecule has 0 bridgehead atoms. The van der Waals surface area contributed by atoms with Gasteiger partial charge in [0.2, 0.25) is 0 Å². The van der Waals surface area contributed by atoms with Crippen LogP contribution in [0.2, 0.25) is 0 Å². The third kappa shape index (κ3) is 5.32. The lowest BCUT2D eigenvalue weighted by Gasteiger charge is -2.15. The maximum Gasteiger partial charge on any atom is 0.272 e. The fourth-order valence-corrected chi connectivity index (χ4v) is 2.09. The monoisotopic (exact) mass is 337 g/mol. The average molecular weight is 338 g/mol. The van der Waals surface area contributed by atoms with Crippen molar-refractivity contribution < 1.29 is 18.3 Å². The summed E-state index contributed by atoms with van der Waals surface area (Å²) in [5.41, 5.74) is 0.988. The van der Waals surface area contributed by atoms with Gasteiger partial charge in [0.1, 0.15) is 6.61 Å². The summed E-state index contributed by atoms with van der Waals surface area (Å²) in [5, 5.41) is 3.27. The molecule has 0 aliphatic rings. The third-order valence-electron chi connectivity index (χ3n) is 2.36. The van der Waals surface area contributed by atoms with Crippen molar-refractivity contribution in [2.45, 2.75) is 32.9 Å². The zero-order chi connectivity index (χ0) is 14.4. The highest BCUT2D eigenvalue weighted by atomic mass is 79.9. The van der Waals surface area contributed by atoms with Crippen molar-refractivity contribution >= 4 is 15.9 Å². The van der Waals surface area contributed by atoms with Crippen molar-refractivity contribution in [1.82, 2.24) is 5.32 Å². The van der Waals surface area contributed by atoms with Gasteiger partial charge in [-0.05, 0) is 33.6 Å². The summed E-state index contributed by atoms with van der Waals surface area (Å²) in [5.74, 6) is 0.742. The van der Waals surface area contributed by atoms with Crippen molar-refractivity contribution in [1.29, 1.82) is 0 Å². The van der Waals surface area contributed by atoms with Crippen LogP contribution in [0.1, 0.15) is 19.4 Å². The van der Waals surface area contributed by atoms with Gasteiger partial charge in [-0.1, -0.05) is 13.8 Å². The summed E-state index contributed by atoms with van der Waals surface area (Å²) in [6.45, 7) is 4.11. The molecule has 1 N–H and O–H groups in total. The maximum absolute atomic E-state index is 12.2. The summed E-state index contributed by atoms with van der Waals surface area (Å²) in [7, 11) is 1.48. The molecular weight excluding hydrogens is 320 g/mol. The molecule has 0 aromatic heterocycles. The van der Waals surface area contributed by atoms with Gasteiger partial charge in [-0.3, -0.25) is 0 Å². The van der Waals surface area contributed by atoms with E-state index < -0.39 is 13.0 Å². The fourth-order valence-electron chi connectivity index (χ4n) is 1.48. The van der Waals surface area contributed by atoms with Crippen molar-refractivity contribution in [3.8, 4) is 11.5 Å². The molecule has 0 atom stereocenters. The van der Waals surface area contributed by atoms with Crippen LogP contribution in [0.15, 0.2) is 16.6 Å². The molecule has 0 heterocycles. The fraction of sp³-hybridized carbons (Fsp3) is 0.538. The minimum atomic E-state index is -2.51. The predicted molar refractivity (Wildman–Crippen MR) is 74.2 cm³/mol. The Hall–Kier alpha value is -0.880. The van der Waals surface area contributed by atoms with Gasteiger partial charge in [0, 0.05) is 12.6 Å². The molecule has 0 fully saturated rings. The minimum absolute atomic E-state index is 0.302. The number of rotatable bonds is 7. The first-order valence-corrected chi connectivity index (χ1v) is 6.74. The summed E-state index contributed by atoms with van der Waals surface area (Å²) < 4.78 is 35.2. The van der Waals surface area contributed by atoms with E-state index in [1.165, 1.54) is 7.11 Å². The van der Waals surface area contributed by atoms with Gasteiger partial charge in [0.25, 0.3) is 6.43 Å². The molecule has 1 aromatic carbocycles. The molecular formula is C13H18BrF2NO2. The van der Waals surface area contributed by atoms with Crippen LogP contribution < -0.4 is 14.8 Å². The molecule has 19 heavy (non-hydrogen) atoms. The molecule has 0 radical (unpaired) electrons. The van der Waals surface area contributed by atoms with Crippen LogP contribution in [0.25, 0.3) is 0 Å². The predicted octanol–water partition coefficient (Wildman–Crippen LogP) is 3.60. The second kappa shape index (κ2) is 7.65. The van der Waals surface area contributed by atoms with E-state index in [0.29, 0.717) is 28.6 Å². The van der Waals surface area contributed by atoms with E-state index in [1.807, 2.05) is 19.9 Å². The highest BCUT2D eigenvalue weighted by Gasteiger charge is 2.14. The highest BCUT2D eigenvalue weighted by Crippen LogP contribution is 2.36. The topological polar surface area (TPSA) is 30.5 Å². The lowest BCUT2D eigenvalue weighted by atomic mass is 10.2.